The second-order valence-corrected chi connectivity index (χ2v) is 6.77. The van der Waals surface area contributed by atoms with Crippen LogP contribution in [0, 0.1) is 6.92 Å². The minimum absolute atomic E-state index is 0.182. The molecule has 0 atom stereocenters. The first kappa shape index (κ1) is 19.2. The molecule has 0 spiro atoms. The van der Waals surface area contributed by atoms with Crippen molar-refractivity contribution in [3.8, 4) is 0 Å². The number of aromatic nitrogens is 3. The lowest BCUT2D eigenvalue weighted by Gasteiger charge is -2.31. The van der Waals surface area contributed by atoms with Gasteiger partial charge in [-0.3, -0.25) is 0 Å². The second kappa shape index (κ2) is 8.85. The minimum Gasteiger partial charge on any atom is -0.450 e. The third kappa shape index (κ3) is 5.19. The van der Waals surface area contributed by atoms with Crippen LogP contribution in [0.15, 0.2) is 24.4 Å². The van der Waals surface area contributed by atoms with Crippen LogP contribution in [0.1, 0.15) is 25.3 Å². The van der Waals surface area contributed by atoms with Gasteiger partial charge < -0.3 is 20.3 Å². The Hall–Kier alpha value is -2.61. The van der Waals surface area contributed by atoms with Crippen LogP contribution in [0.25, 0.3) is 0 Å². The number of likely N-dealkylation sites (tertiary alicyclic amines) is 1. The molecule has 3 rings (SSSR count). The number of aryl methyl sites for hydroxylation is 1. The number of piperidine rings is 1. The molecule has 2 aromatic rings. The summed E-state index contributed by atoms with van der Waals surface area (Å²) in [6.07, 6.45) is 2.90. The normalized spacial score (nSPS) is 14.7. The summed E-state index contributed by atoms with van der Waals surface area (Å²) in [6.45, 7) is 5.44. The van der Waals surface area contributed by atoms with Gasteiger partial charge in [-0.05, 0) is 44.4 Å². The van der Waals surface area contributed by atoms with Crippen LogP contribution in [-0.2, 0) is 4.74 Å². The molecular formula is C18H23ClN6O2. The number of ether oxygens (including phenoxy) is 1. The molecule has 1 aliphatic heterocycles. The third-order valence-corrected chi connectivity index (χ3v) is 4.76. The molecule has 27 heavy (non-hydrogen) atoms. The van der Waals surface area contributed by atoms with Gasteiger partial charge in [0.15, 0.2) is 5.82 Å². The van der Waals surface area contributed by atoms with E-state index in [4.69, 9.17) is 16.3 Å². The monoisotopic (exact) mass is 390 g/mol. The summed E-state index contributed by atoms with van der Waals surface area (Å²) in [4.78, 5) is 17.9. The van der Waals surface area contributed by atoms with Crippen molar-refractivity contribution in [3.63, 3.8) is 0 Å². The Balaban J connectivity index is 1.56. The summed E-state index contributed by atoms with van der Waals surface area (Å²) in [6, 6.07) is 5.90. The molecule has 2 heterocycles. The lowest BCUT2D eigenvalue weighted by molar-refractivity contribution is 0.0983. The van der Waals surface area contributed by atoms with E-state index in [0.717, 1.165) is 24.1 Å². The van der Waals surface area contributed by atoms with Gasteiger partial charge in [-0.1, -0.05) is 17.7 Å². The number of carbonyl (C=O) groups excluding carboxylic acids is 1. The molecule has 0 saturated carbocycles. The van der Waals surface area contributed by atoms with Crippen LogP contribution < -0.4 is 10.6 Å². The highest BCUT2D eigenvalue weighted by Gasteiger charge is 2.24. The highest BCUT2D eigenvalue weighted by molar-refractivity contribution is 6.31. The number of hydrogen-bond acceptors (Lipinski definition) is 7. The first-order valence-corrected chi connectivity index (χ1v) is 9.34. The molecule has 1 amide bonds. The fraction of sp³-hybridized carbons (Fsp3) is 0.444. The highest BCUT2D eigenvalue weighted by Crippen LogP contribution is 2.22. The maximum Gasteiger partial charge on any atom is 0.409 e. The fourth-order valence-corrected chi connectivity index (χ4v) is 3.03. The van der Waals surface area contributed by atoms with Crippen LogP contribution in [0.3, 0.4) is 0 Å². The van der Waals surface area contributed by atoms with Gasteiger partial charge in [-0.15, -0.1) is 5.10 Å². The van der Waals surface area contributed by atoms with Crippen LogP contribution in [-0.4, -0.2) is 51.9 Å². The van der Waals surface area contributed by atoms with E-state index in [1.165, 1.54) is 0 Å². The Kier molecular flexibility index (Phi) is 6.28. The van der Waals surface area contributed by atoms with Gasteiger partial charge in [0.1, 0.15) is 0 Å². The molecule has 2 N–H and O–H groups in total. The van der Waals surface area contributed by atoms with E-state index >= 15 is 0 Å². The van der Waals surface area contributed by atoms with E-state index in [-0.39, 0.29) is 12.1 Å². The van der Waals surface area contributed by atoms with Crippen molar-refractivity contribution >= 4 is 35.1 Å². The summed E-state index contributed by atoms with van der Waals surface area (Å²) in [5.74, 6) is 1.03. The number of carbonyl (C=O) groups is 1. The average Bonchev–Trinajstić information content (AvgIpc) is 2.66. The first-order chi connectivity index (χ1) is 13.0. The van der Waals surface area contributed by atoms with Crippen molar-refractivity contribution in [2.24, 2.45) is 0 Å². The molecule has 1 aromatic heterocycles. The van der Waals surface area contributed by atoms with E-state index < -0.39 is 0 Å². The minimum atomic E-state index is -0.253. The Morgan fingerprint density at radius 1 is 1.37 bits per heavy atom. The molecule has 1 aromatic carbocycles. The van der Waals surface area contributed by atoms with E-state index in [1.807, 2.05) is 32.0 Å². The standard InChI is InChI=1S/C18H23ClN6O2/c1-3-27-18(26)25-8-6-13(7-9-25)22-17-23-16(11-20-24-17)21-14-5-4-12(2)15(19)10-14/h4-5,10-11,13H,3,6-9H2,1-2H3,(H2,21,22,23,24). The number of anilines is 3. The number of amides is 1. The van der Waals surface area contributed by atoms with Gasteiger partial charge in [0, 0.05) is 29.8 Å². The van der Waals surface area contributed by atoms with Gasteiger partial charge in [0.25, 0.3) is 0 Å². The Labute approximate surface area is 163 Å². The number of rotatable bonds is 5. The van der Waals surface area contributed by atoms with Crippen molar-refractivity contribution in [1.82, 2.24) is 20.1 Å². The zero-order chi connectivity index (χ0) is 19.2. The Bertz CT molecular complexity index is 795. The van der Waals surface area contributed by atoms with Crippen molar-refractivity contribution in [1.29, 1.82) is 0 Å². The van der Waals surface area contributed by atoms with E-state index in [2.05, 4.69) is 25.8 Å². The zero-order valence-electron chi connectivity index (χ0n) is 15.4. The maximum absolute atomic E-state index is 11.8. The molecular weight excluding hydrogens is 368 g/mol. The topological polar surface area (TPSA) is 92.3 Å². The lowest BCUT2D eigenvalue weighted by Crippen LogP contribution is -2.42. The number of nitrogens with zero attached hydrogens (tertiary/aromatic N) is 4. The molecule has 0 radical (unpaired) electrons. The largest absolute Gasteiger partial charge is 0.450 e. The van der Waals surface area contributed by atoms with Gasteiger partial charge >= 0.3 is 6.09 Å². The zero-order valence-corrected chi connectivity index (χ0v) is 16.2. The van der Waals surface area contributed by atoms with Gasteiger partial charge in [0.2, 0.25) is 5.95 Å². The van der Waals surface area contributed by atoms with E-state index in [9.17, 15) is 4.79 Å². The van der Waals surface area contributed by atoms with Crippen LogP contribution >= 0.6 is 11.6 Å². The number of halogens is 1. The lowest BCUT2D eigenvalue weighted by atomic mass is 10.1. The first-order valence-electron chi connectivity index (χ1n) is 8.96. The van der Waals surface area contributed by atoms with Gasteiger partial charge in [-0.25, -0.2) is 4.79 Å². The summed E-state index contributed by atoms with van der Waals surface area (Å²) >= 11 is 6.16. The smallest absolute Gasteiger partial charge is 0.409 e. The highest BCUT2D eigenvalue weighted by atomic mass is 35.5. The molecule has 1 fully saturated rings. The molecule has 144 valence electrons. The van der Waals surface area contributed by atoms with Crippen molar-refractivity contribution in [2.45, 2.75) is 32.7 Å². The van der Waals surface area contributed by atoms with Gasteiger partial charge in [0.05, 0.1) is 12.8 Å². The van der Waals surface area contributed by atoms with Crippen LogP contribution in [0.2, 0.25) is 5.02 Å². The molecule has 1 saturated heterocycles. The maximum atomic E-state index is 11.8. The van der Waals surface area contributed by atoms with Crippen LogP contribution in [0.5, 0.6) is 0 Å². The molecule has 8 nitrogen and oxygen atoms in total. The quantitative estimate of drug-likeness (QED) is 0.805. The molecule has 0 bridgehead atoms. The Morgan fingerprint density at radius 3 is 2.85 bits per heavy atom. The number of nitrogens with one attached hydrogen (secondary N) is 2. The average molecular weight is 391 g/mol. The van der Waals surface area contributed by atoms with Crippen molar-refractivity contribution in [2.75, 3.05) is 30.3 Å². The number of hydrogen-bond donors (Lipinski definition) is 2. The summed E-state index contributed by atoms with van der Waals surface area (Å²) in [7, 11) is 0. The van der Waals surface area contributed by atoms with Crippen molar-refractivity contribution < 1.29 is 9.53 Å². The van der Waals surface area contributed by atoms with Crippen molar-refractivity contribution in [3.05, 3.63) is 35.0 Å². The SMILES string of the molecule is CCOC(=O)N1CCC(Nc2nncc(Nc3ccc(C)c(Cl)c3)n2)CC1. The third-order valence-electron chi connectivity index (χ3n) is 4.36. The van der Waals surface area contributed by atoms with Crippen LogP contribution in [0.4, 0.5) is 22.2 Å². The summed E-state index contributed by atoms with van der Waals surface area (Å²) < 4.78 is 5.04. The number of benzene rings is 1. The van der Waals surface area contributed by atoms with Gasteiger partial charge in [-0.2, -0.15) is 10.1 Å². The fourth-order valence-electron chi connectivity index (χ4n) is 2.85. The molecule has 0 aliphatic carbocycles. The predicted molar refractivity (Wildman–Crippen MR) is 105 cm³/mol. The Morgan fingerprint density at radius 2 is 2.15 bits per heavy atom. The summed E-state index contributed by atoms with van der Waals surface area (Å²) in [5, 5.41) is 15.2. The second-order valence-electron chi connectivity index (χ2n) is 6.36. The predicted octanol–water partition coefficient (Wildman–Crippen LogP) is 3.61. The molecule has 0 unspecified atom stereocenters. The molecule has 1 aliphatic rings. The van der Waals surface area contributed by atoms with E-state index in [0.29, 0.717) is 36.5 Å². The summed E-state index contributed by atoms with van der Waals surface area (Å²) in [5.41, 5.74) is 1.85. The van der Waals surface area contributed by atoms with E-state index in [1.54, 1.807) is 11.1 Å². The molecule has 9 heteroatoms.